The second-order valence-corrected chi connectivity index (χ2v) is 8.22. The number of pyridine rings is 1. The summed E-state index contributed by atoms with van der Waals surface area (Å²) in [4.78, 5) is 9.95. The third kappa shape index (κ3) is 3.35. The number of aromatic nitrogens is 1. The van der Waals surface area contributed by atoms with Crippen molar-refractivity contribution in [2.24, 2.45) is 16.3 Å². The Morgan fingerprint density at radius 1 is 1.35 bits per heavy atom. The fourth-order valence-electron chi connectivity index (χ4n) is 3.10. The maximum atomic E-state index is 9.56. The van der Waals surface area contributed by atoms with Gasteiger partial charge in [-0.2, -0.15) is 5.26 Å². The smallest absolute Gasteiger partial charge is 0.134 e. The molecule has 2 heterocycles. The Bertz CT molecular complexity index is 760. The van der Waals surface area contributed by atoms with Gasteiger partial charge in [-0.15, -0.1) is 11.3 Å². The van der Waals surface area contributed by atoms with Crippen molar-refractivity contribution >= 4 is 22.6 Å². The van der Waals surface area contributed by atoms with Gasteiger partial charge in [0.05, 0.1) is 5.56 Å². The number of nitrogens with zero attached hydrogens (tertiary/aromatic N) is 3. The van der Waals surface area contributed by atoms with Crippen molar-refractivity contribution in [2.45, 2.75) is 40.0 Å². The van der Waals surface area contributed by atoms with Crippen LogP contribution in [-0.2, 0) is 12.8 Å². The lowest BCUT2D eigenvalue weighted by atomic mass is 9.72. The second kappa shape index (κ2) is 6.25. The Kier molecular flexibility index (Phi) is 4.32. The van der Waals surface area contributed by atoms with Gasteiger partial charge in [0.25, 0.3) is 0 Å². The van der Waals surface area contributed by atoms with Gasteiger partial charge in [0.15, 0.2) is 0 Å². The normalized spacial score (nSPS) is 17.9. The molecule has 1 aliphatic carbocycles. The Morgan fingerprint density at radius 2 is 2.09 bits per heavy atom. The number of thiophene rings is 1. The summed E-state index contributed by atoms with van der Waals surface area (Å²) in [5.41, 5.74) is 3.33. The average Bonchev–Trinajstić information content (AvgIpc) is 2.89. The van der Waals surface area contributed by atoms with Crippen molar-refractivity contribution in [2.75, 3.05) is 0 Å². The van der Waals surface area contributed by atoms with Gasteiger partial charge in [0.1, 0.15) is 11.1 Å². The number of hydrogen-bond donors (Lipinski definition) is 0. The molecule has 0 aromatic carbocycles. The second-order valence-electron chi connectivity index (χ2n) is 7.14. The zero-order valence-electron chi connectivity index (χ0n) is 13.8. The molecule has 2 aromatic rings. The molecule has 2 aromatic heterocycles. The van der Waals surface area contributed by atoms with E-state index in [-0.39, 0.29) is 0 Å². The molecule has 0 aliphatic heterocycles. The zero-order valence-corrected chi connectivity index (χ0v) is 14.7. The van der Waals surface area contributed by atoms with Crippen LogP contribution in [0.5, 0.6) is 0 Å². The van der Waals surface area contributed by atoms with Gasteiger partial charge in [-0.3, -0.25) is 4.98 Å². The quantitative estimate of drug-likeness (QED) is 0.737. The molecule has 23 heavy (non-hydrogen) atoms. The molecule has 4 heteroatoms. The van der Waals surface area contributed by atoms with E-state index in [4.69, 9.17) is 0 Å². The van der Waals surface area contributed by atoms with Crippen LogP contribution in [0.15, 0.2) is 29.5 Å². The minimum Gasteiger partial charge on any atom is -0.265 e. The molecule has 1 aliphatic rings. The molecular formula is C19H21N3S. The van der Waals surface area contributed by atoms with Crippen LogP contribution in [0.4, 0.5) is 5.00 Å². The van der Waals surface area contributed by atoms with E-state index in [1.165, 1.54) is 10.4 Å². The lowest BCUT2D eigenvalue weighted by Gasteiger charge is -2.33. The fourth-order valence-corrected chi connectivity index (χ4v) is 4.32. The SMILES string of the molecule is CC(C)(C)[C@H]1CCc2c(sc(N=Cc3ccncc3)c2C#N)C1. The first-order valence-corrected chi connectivity index (χ1v) is 8.79. The summed E-state index contributed by atoms with van der Waals surface area (Å²) < 4.78 is 0. The Balaban J connectivity index is 1.91. The van der Waals surface area contributed by atoms with E-state index in [1.54, 1.807) is 23.7 Å². The average molecular weight is 323 g/mol. The van der Waals surface area contributed by atoms with Crippen molar-refractivity contribution in [3.8, 4) is 6.07 Å². The summed E-state index contributed by atoms with van der Waals surface area (Å²) in [5.74, 6) is 0.678. The zero-order chi connectivity index (χ0) is 16.4. The summed E-state index contributed by atoms with van der Waals surface area (Å²) >= 11 is 1.69. The minimum absolute atomic E-state index is 0.314. The third-order valence-electron chi connectivity index (χ3n) is 4.62. The van der Waals surface area contributed by atoms with Gasteiger partial charge in [-0.05, 0) is 53.9 Å². The van der Waals surface area contributed by atoms with Gasteiger partial charge in [-0.1, -0.05) is 20.8 Å². The van der Waals surface area contributed by atoms with E-state index >= 15 is 0 Å². The van der Waals surface area contributed by atoms with Crippen LogP contribution in [0.25, 0.3) is 0 Å². The molecule has 0 amide bonds. The standard InChI is InChI=1S/C19H21N3S/c1-19(2,3)14-4-5-15-16(11-20)18(23-17(15)10-14)22-12-13-6-8-21-9-7-13/h6-9,12,14H,4-5,10H2,1-3H3/t14-/m0/s1. The fraction of sp³-hybridized carbons (Fsp3) is 0.421. The number of fused-ring (bicyclic) bond motifs is 1. The highest BCUT2D eigenvalue weighted by atomic mass is 32.1. The number of nitriles is 1. The van der Waals surface area contributed by atoms with Gasteiger partial charge in [-0.25, -0.2) is 4.99 Å². The molecule has 118 valence electrons. The predicted molar refractivity (Wildman–Crippen MR) is 95.5 cm³/mol. The molecule has 0 radical (unpaired) electrons. The van der Waals surface area contributed by atoms with E-state index in [2.05, 4.69) is 36.8 Å². The molecule has 0 fully saturated rings. The lowest BCUT2D eigenvalue weighted by molar-refractivity contribution is 0.218. The van der Waals surface area contributed by atoms with Gasteiger partial charge in [0.2, 0.25) is 0 Å². The van der Waals surface area contributed by atoms with Crippen LogP contribution >= 0.6 is 11.3 Å². The number of rotatable bonds is 2. The molecule has 0 saturated heterocycles. The topological polar surface area (TPSA) is 49.0 Å². The summed E-state index contributed by atoms with van der Waals surface area (Å²) in [6.45, 7) is 6.93. The van der Waals surface area contributed by atoms with Crippen LogP contribution in [0.3, 0.4) is 0 Å². The molecule has 3 nitrogen and oxygen atoms in total. The van der Waals surface area contributed by atoms with Gasteiger partial charge >= 0.3 is 0 Å². The molecular weight excluding hydrogens is 302 g/mol. The summed E-state index contributed by atoms with van der Waals surface area (Å²) in [5, 5.41) is 10.4. The summed E-state index contributed by atoms with van der Waals surface area (Å²) in [7, 11) is 0. The van der Waals surface area contributed by atoms with Crippen LogP contribution < -0.4 is 0 Å². The predicted octanol–water partition coefficient (Wildman–Crippen LogP) is 4.92. The lowest BCUT2D eigenvalue weighted by Crippen LogP contribution is -2.26. The Morgan fingerprint density at radius 3 is 2.74 bits per heavy atom. The number of hydrogen-bond acceptors (Lipinski definition) is 4. The van der Waals surface area contributed by atoms with Crippen molar-refractivity contribution in [3.05, 3.63) is 46.1 Å². The van der Waals surface area contributed by atoms with Gasteiger partial charge < -0.3 is 0 Å². The Labute approximate surface area is 141 Å². The van der Waals surface area contributed by atoms with Crippen molar-refractivity contribution in [3.63, 3.8) is 0 Å². The largest absolute Gasteiger partial charge is 0.265 e. The minimum atomic E-state index is 0.314. The highest BCUT2D eigenvalue weighted by Crippen LogP contribution is 2.44. The molecule has 1 atom stereocenters. The first kappa shape index (κ1) is 15.9. The van der Waals surface area contributed by atoms with Crippen molar-refractivity contribution in [1.29, 1.82) is 5.26 Å². The number of aliphatic imine (C=N–C) groups is 1. The first-order valence-electron chi connectivity index (χ1n) is 7.98. The van der Waals surface area contributed by atoms with Crippen LogP contribution in [0.2, 0.25) is 0 Å². The molecule has 3 rings (SSSR count). The highest BCUT2D eigenvalue weighted by molar-refractivity contribution is 7.16. The van der Waals surface area contributed by atoms with Crippen LogP contribution in [0, 0.1) is 22.7 Å². The van der Waals surface area contributed by atoms with Crippen molar-refractivity contribution < 1.29 is 0 Å². The molecule has 0 unspecified atom stereocenters. The first-order chi connectivity index (χ1) is 11.0. The maximum Gasteiger partial charge on any atom is 0.134 e. The van der Waals surface area contributed by atoms with Crippen molar-refractivity contribution in [1.82, 2.24) is 4.98 Å². The maximum absolute atomic E-state index is 9.56. The Hall–Kier alpha value is -1.99. The summed E-state index contributed by atoms with van der Waals surface area (Å²) in [6.07, 6.45) is 8.56. The van der Waals surface area contributed by atoms with Crippen LogP contribution in [-0.4, -0.2) is 11.2 Å². The molecule has 0 bridgehead atoms. The highest BCUT2D eigenvalue weighted by Gasteiger charge is 2.32. The van der Waals surface area contributed by atoms with E-state index in [0.29, 0.717) is 11.3 Å². The van der Waals surface area contributed by atoms with E-state index in [0.717, 1.165) is 35.4 Å². The van der Waals surface area contributed by atoms with Gasteiger partial charge in [0, 0.05) is 23.5 Å². The van der Waals surface area contributed by atoms with E-state index < -0.39 is 0 Å². The monoisotopic (exact) mass is 323 g/mol. The van der Waals surface area contributed by atoms with E-state index in [9.17, 15) is 5.26 Å². The van der Waals surface area contributed by atoms with E-state index in [1.807, 2.05) is 18.3 Å². The molecule has 0 spiro atoms. The molecule has 0 N–H and O–H groups in total. The van der Waals surface area contributed by atoms with Crippen LogP contribution in [0.1, 0.15) is 48.8 Å². The summed E-state index contributed by atoms with van der Waals surface area (Å²) in [6, 6.07) is 6.21. The third-order valence-corrected chi connectivity index (χ3v) is 5.78. The molecule has 0 saturated carbocycles.